The first-order valence-electron chi connectivity index (χ1n) is 23.4. The van der Waals surface area contributed by atoms with Gasteiger partial charge < -0.3 is 43.0 Å². The third kappa shape index (κ3) is 11.6. The van der Waals surface area contributed by atoms with Crippen LogP contribution < -0.4 is 0 Å². The number of fused-ring (bicyclic) bond motifs is 2. The minimum atomic E-state index is -0.965. The highest BCUT2D eigenvalue weighted by atomic mass is 16.6. The van der Waals surface area contributed by atoms with Gasteiger partial charge in [-0.1, -0.05) is 128 Å². The highest BCUT2D eigenvalue weighted by molar-refractivity contribution is 5.85. The molecule has 10 heteroatoms. The number of rotatable bonds is 18. The molecule has 0 amide bonds. The molecule has 4 aromatic rings. The summed E-state index contributed by atoms with van der Waals surface area (Å²) in [7, 11) is 0. The molecule has 0 aromatic heterocycles. The number of ketones is 1. The van der Waals surface area contributed by atoms with Crippen LogP contribution in [0, 0.1) is 5.92 Å². The summed E-state index contributed by atoms with van der Waals surface area (Å²) in [5.41, 5.74) is 1.92. The molecule has 4 aliphatic heterocycles. The van der Waals surface area contributed by atoms with Crippen molar-refractivity contribution in [2.75, 3.05) is 13.2 Å². The maximum Gasteiger partial charge on any atom is 0.164 e. The highest BCUT2D eigenvalue weighted by Crippen LogP contribution is 2.46. The van der Waals surface area contributed by atoms with Gasteiger partial charge in [-0.2, -0.15) is 0 Å². The van der Waals surface area contributed by atoms with Crippen LogP contribution in [-0.4, -0.2) is 89.7 Å². The molecule has 4 aromatic carbocycles. The number of carbonyl (C=O) groups excluding carboxylic acids is 1. The van der Waals surface area contributed by atoms with E-state index >= 15 is 0 Å². The second-order valence-corrected chi connectivity index (χ2v) is 19.2. The van der Waals surface area contributed by atoms with Crippen molar-refractivity contribution in [3.8, 4) is 0 Å². The highest BCUT2D eigenvalue weighted by Gasteiger charge is 2.56. The van der Waals surface area contributed by atoms with Crippen LogP contribution in [0.1, 0.15) is 94.9 Å². The van der Waals surface area contributed by atoms with Crippen LogP contribution in [-0.2, 0) is 69.1 Å². The Morgan fingerprint density at radius 1 is 0.641 bits per heavy atom. The smallest absolute Gasteiger partial charge is 0.164 e. The summed E-state index contributed by atoms with van der Waals surface area (Å²) in [6.07, 6.45) is 0.139. The van der Waals surface area contributed by atoms with Gasteiger partial charge in [-0.15, -0.1) is 0 Å². The molecule has 12 atom stereocenters. The van der Waals surface area contributed by atoms with E-state index in [9.17, 15) is 9.90 Å². The Morgan fingerprint density at radius 2 is 1.20 bits per heavy atom. The normalized spacial score (nSPS) is 34.1. The fraction of sp³-hybridized carbons (Fsp3) is 0.537. The van der Waals surface area contributed by atoms with Gasteiger partial charge >= 0.3 is 0 Å². The largest absolute Gasteiger partial charge is 0.390 e. The van der Waals surface area contributed by atoms with Gasteiger partial charge in [0.2, 0.25) is 0 Å². The van der Waals surface area contributed by atoms with Crippen molar-refractivity contribution in [2.45, 2.75) is 165 Å². The van der Waals surface area contributed by atoms with E-state index in [2.05, 4.69) is 50.2 Å². The number of aliphatic hydroxyl groups is 1. The first-order valence-corrected chi connectivity index (χ1v) is 23.4. The summed E-state index contributed by atoms with van der Waals surface area (Å²) in [5, 5.41) is 11.9. The number of aliphatic hydroxyl groups excluding tert-OH is 1. The quantitative estimate of drug-likeness (QED) is 0.0973. The van der Waals surface area contributed by atoms with Gasteiger partial charge in [-0.25, -0.2) is 0 Å². The third-order valence-electron chi connectivity index (χ3n) is 14.1. The SMILES string of the molecule is C[C@@H]1C[C@@H]2O[C@@H]3C[C@H](OCc4ccccc4)[C@@H](COCc4ccccc4)O[C@@]3(C)C[C@H]2O[C@@H](CC[C@@]2(C)O[C@@](C)(CCOCc3ccccc3)[C@H](OCc3ccccc3)C[C@@H]2O)C1=O. The molecule has 344 valence electrons. The zero-order chi connectivity index (χ0) is 44.6. The van der Waals surface area contributed by atoms with Crippen LogP contribution in [0.25, 0.3) is 0 Å². The predicted molar refractivity (Wildman–Crippen MR) is 243 cm³/mol. The summed E-state index contributed by atoms with van der Waals surface area (Å²) < 4.78 is 53.4. The number of hydrogen-bond acceptors (Lipinski definition) is 10. The zero-order valence-electron chi connectivity index (χ0n) is 38.1. The van der Waals surface area contributed by atoms with Gasteiger partial charge in [0, 0.05) is 38.2 Å². The third-order valence-corrected chi connectivity index (χ3v) is 14.1. The van der Waals surface area contributed by atoms with E-state index in [1.165, 1.54) is 0 Å². The van der Waals surface area contributed by atoms with Gasteiger partial charge in [0.15, 0.2) is 5.78 Å². The summed E-state index contributed by atoms with van der Waals surface area (Å²) >= 11 is 0. The lowest BCUT2D eigenvalue weighted by molar-refractivity contribution is -0.304. The number of Topliss-reactive ketones (excluding diaryl/α,β-unsaturated/α-hetero) is 1. The van der Waals surface area contributed by atoms with E-state index in [1.807, 2.05) is 98.8 Å². The van der Waals surface area contributed by atoms with Gasteiger partial charge in [-0.05, 0) is 62.3 Å². The molecule has 1 N–H and O–H groups in total. The van der Waals surface area contributed by atoms with Crippen molar-refractivity contribution in [1.82, 2.24) is 0 Å². The predicted octanol–water partition coefficient (Wildman–Crippen LogP) is 9.13. The molecule has 4 heterocycles. The average Bonchev–Trinajstić information content (AvgIpc) is 3.41. The van der Waals surface area contributed by atoms with E-state index < -0.39 is 29.0 Å². The summed E-state index contributed by atoms with van der Waals surface area (Å²) in [6.45, 7) is 10.7. The first-order chi connectivity index (χ1) is 31.0. The van der Waals surface area contributed by atoms with Crippen molar-refractivity contribution in [3.63, 3.8) is 0 Å². The molecule has 4 saturated heterocycles. The van der Waals surface area contributed by atoms with Crippen molar-refractivity contribution >= 4 is 5.78 Å². The summed E-state index contributed by atoms with van der Waals surface area (Å²) in [6, 6.07) is 40.5. The Labute approximate surface area is 379 Å². The van der Waals surface area contributed by atoms with Crippen LogP contribution in [0.4, 0.5) is 0 Å². The van der Waals surface area contributed by atoms with E-state index in [4.69, 9.17) is 37.9 Å². The van der Waals surface area contributed by atoms with Crippen LogP contribution in [0.15, 0.2) is 121 Å². The Morgan fingerprint density at radius 3 is 1.81 bits per heavy atom. The fourth-order valence-corrected chi connectivity index (χ4v) is 10.2. The topological polar surface area (TPSA) is 111 Å². The molecule has 0 spiro atoms. The van der Waals surface area contributed by atoms with Gasteiger partial charge in [0.05, 0.1) is 86.5 Å². The van der Waals surface area contributed by atoms with Crippen LogP contribution >= 0.6 is 0 Å². The minimum Gasteiger partial charge on any atom is -0.390 e. The molecule has 10 nitrogen and oxygen atoms in total. The van der Waals surface area contributed by atoms with Crippen molar-refractivity contribution in [2.24, 2.45) is 5.92 Å². The van der Waals surface area contributed by atoms with Crippen LogP contribution in [0.2, 0.25) is 0 Å². The molecule has 8 rings (SSSR count). The molecule has 4 aliphatic rings. The summed E-state index contributed by atoms with van der Waals surface area (Å²) in [5.74, 6) is -0.218. The number of carbonyl (C=O) groups is 1. The molecule has 0 radical (unpaired) electrons. The van der Waals surface area contributed by atoms with Crippen molar-refractivity contribution < 1.29 is 47.8 Å². The fourth-order valence-electron chi connectivity index (χ4n) is 10.2. The molecular formula is C54H68O10. The number of hydrogen-bond donors (Lipinski definition) is 1. The lowest BCUT2D eigenvalue weighted by Crippen LogP contribution is -2.63. The van der Waals surface area contributed by atoms with Crippen molar-refractivity contribution in [3.05, 3.63) is 144 Å². The minimum absolute atomic E-state index is 0.0540. The monoisotopic (exact) mass is 876 g/mol. The Hall–Kier alpha value is -3.81. The molecule has 4 fully saturated rings. The van der Waals surface area contributed by atoms with Gasteiger partial charge in [0.1, 0.15) is 12.2 Å². The van der Waals surface area contributed by atoms with E-state index in [0.717, 1.165) is 22.3 Å². The molecule has 0 bridgehead atoms. The van der Waals surface area contributed by atoms with Gasteiger partial charge in [-0.3, -0.25) is 4.79 Å². The zero-order valence-corrected chi connectivity index (χ0v) is 38.1. The molecule has 0 saturated carbocycles. The van der Waals surface area contributed by atoms with E-state index in [1.54, 1.807) is 0 Å². The Kier molecular flexibility index (Phi) is 15.5. The molecule has 0 aliphatic carbocycles. The maximum atomic E-state index is 14.2. The standard InChI is InChI=1S/C54H68O10/c1-38-29-45-46(32-54(4)50(62-45)30-44(59-35-41-21-13-7-14-22-41)47(63-54)37-58-34-40-19-11-6-12-20-40)61-43(51(38)56)25-26-52(2)48(55)31-49(60-36-42-23-15-8-16-24-42)53(3,64-52)27-28-57-33-39-17-9-5-10-18-39/h5-24,38,43-50,55H,25-37H2,1-4H3/t38-,43+,44+,45+,46-,47-,48+,49-,50-,52-,53+,54+/m1/s1. The maximum absolute atomic E-state index is 14.2. The average molecular weight is 877 g/mol. The number of ether oxygens (including phenoxy) is 8. The first kappa shape index (κ1) is 46.7. The molecule has 64 heavy (non-hydrogen) atoms. The van der Waals surface area contributed by atoms with E-state index in [0.29, 0.717) is 84.6 Å². The van der Waals surface area contributed by atoms with Crippen molar-refractivity contribution in [1.29, 1.82) is 0 Å². The lowest BCUT2D eigenvalue weighted by Gasteiger charge is -2.53. The lowest BCUT2D eigenvalue weighted by atomic mass is 9.78. The second kappa shape index (κ2) is 21.2. The molecule has 0 unspecified atom stereocenters. The Balaban J connectivity index is 0.934. The second-order valence-electron chi connectivity index (χ2n) is 19.2. The number of benzene rings is 4. The molecular weight excluding hydrogens is 809 g/mol. The summed E-state index contributed by atoms with van der Waals surface area (Å²) in [4.78, 5) is 14.2. The Bertz CT molecular complexity index is 2040. The van der Waals surface area contributed by atoms with Crippen LogP contribution in [0.5, 0.6) is 0 Å². The van der Waals surface area contributed by atoms with Crippen LogP contribution in [0.3, 0.4) is 0 Å². The van der Waals surface area contributed by atoms with Gasteiger partial charge in [0.25, 0.3) is 0 Å². The van der Waals surface area contributed by atoms with E-state index in [-0.39, 0.29) is 48.3 Å².